The molecule has 2 heterocycles. The van der Waals surface area contributed by atoms with Gasteiger partial charge in [0.25, 0.3) is 5.91 Å². The number of ether oxygens (including phenoxy) is 1. The van der Waals surface area contributed by atoms with Gasteiger partial charge in [0.2, 0.25) is 0 Å². The Morgan fingerprint density at radius 2 is 2.17 bits per heavy atom. The van der Waals surface area contributed by atoms with Crippen LogP contribution in [0.5, 0.6) is 5.75 Å². The van der Waals surface area contributed by atoms with Gasteiger partial charge in [-0.3, -0.25) is 9.69 Å². The number of carbonyl (C=O) groups excluding carboxylic acids is 1. The van der Waals surface area contributed by atoms with Gasteiger partial charge in [0.1, 0.15) is 5.75 Å². The first-order valence-corrected chi connectivity index (χ1v) is 10.7. The summed E-state index contributed by atoms with van der Waals surface area (Å²) in [7, 11) is 1.59. The molecule has 8 heteroatoms. The molecule has 0 N–H and O–H groups in total. The van der Waals surface area contributed by atoms with Crippen LogP contribution >= 0.6 is 22.9 Å². The predicted octanol–water partition coefficient (Wildman–Crippen LogP) is 5.20. The Morgan fingerprint density at radius 1 is 1.30 bits per heavy atom. The Kier molecular flexibility index (Phi) is 6.01. The number of nitrogens with zero attached hydrogens (tertiary/aromatic N) is 4. The second-order valence-electron chi connectivity index (χ2n) is 6.91. The number of hydrogen-bond acceptors (Lipinski definition) is 5. The van der Waals surface area contributed by atoms with Crippen molar-refractivity contribution in [3.63, 3.8) is 0 Å². The van der Waals surface area contributed by atoms with Crippen LogP contribution in [0, 0.1) is 6.92 Å². The summed E-state index contributed by atoms with van der Waals surface area (Å²) in [5.74, 6) is 0.536. The van der Waals surface area contributed by atoms with E-state index < -0.39 is 0 Å². The number of anilines is 1. The summed E-state index contributed by atoms with van der Waals surface area (Å²) in [6, 6.07) is 11.0. The number of methoxy groups -OCH3 is 1. The van der Waals surface area contributed by atoms with Gasteiger partial charge < -0.3 is 9.30 Å². The first-order chi connectivity index (χ1) is 14.5. The van der Waals surface area contributed by atoms with Crippen molar-refractivity contribution in [1.82, 2.24) is 14.5 Å². The van der Waals surface area contributed by atoms with Gasteiger partial charge in [0.15, 0.2) is 5.13 Å². The number of halogens is 1. The lowest BCUT2D eigenvalue weighted by Crippen LogP contribution is -2.32. The molecule has 0 saturated carbocycles. The molecule has 0 atom stereocenters. The fourth-order valence-electron chi connectivity index (χ4n) is 3.28. The summed E-state index contributed by atoms with van der Waals surface area (Å²) in [6.07, 6.45) is 6.20. The lowest BCUT2D eigenvalue weighted by molar-refractivity contribution is 0.0986. The molecule has 2 aromatic carbocycles. The van der Waals surface area contributed by atoms with Gasteiger partial charge in [0, 0.05) is 36.1 Å². The second kappa shape index (κ2) is 8.85. The van der Waals surface area contributed by atoms with E-state index in [0.29, 0.717) is 28.0 Å². The van der Waals surface area contributed by atoms with Gasteiger partial charge in [-0.25, -0.2) is 9.97 Å². The Hall–Kier alpha value is -2.90. The van der Waals surface area contributed by atoms with Crippen LogP contribution in [0.3, 0.4) is 0 Å². The predicted molar refractivity (Wildman–Crippen MR) is 121 cm³/mol. The summed E-state index contributed by atoms with van der Waals surface area (Å²) >= 11 is 7.69. The third-order valence-corrected chi connectivity index (χ3v) is 6.03. The van der Waals surface area contributed by atoms with Crippen LogP contribution in [0.1, 0.15) is 22.3 Å². The number of thiazole rings is 1. The fraction of sp³-hybridized carbons (Fsp3) is 0.227. The van der Waals surface area contributed by atoms with E-state index in [1.807, 2.05) is 42.0 Å². The van der Waals surface area contributed by atoms with Crippen LogP contribution in [0.15, 0.2) is 55.1 Å². The van der Waals surface area contributed by atoms with Crippen molar-refractivity contribution in [2.75, 3.05) is 18.6 Å². The zero-order chi connectivity index (χ0) is 21.1. The van der Waals surface area contributed by atoms with Crippen molar-refractivity contribution in [2.24, 2.45) is 0 Å². The highest BCUT2D eigenvalue weighted by atomic mass is 35.5. The first-order valence-electron chi connectivity index (χ1n) is 9.53. The van der Waals surface area contributed by atoms with E-state index in [9.17, 15) is 4.79 Å². The average Bonchev–Trinajstić information content (AvgIpc) is 3.40. The number of hydrogen-bond donors (Lipinski definition) is 0. The molecule has 0 spiro atoms. The molecule has 0 saturated heterocycles. The van der Waals surface area contributed by atoms with Crippen molar-refractivity contribution in [3.05, 3.63) is 71.3 Å². The van der Waals surface area contributed by atoms with E-state index in [1.54, 1.807) is 36.7 Å². The third-order valence-electron chi connectivity index (χ3n) is 4.79. The van der Waals surface area contributed by atoms with E-state index >= 15 is 0 Å². The molecular formula is C22H21ClN4O2S. The van der Waals surface area contributed by atoms with E-state index in [4.69, 9.17) is 21.3 Å². The molecule has 0 radical (unpaired) electrons. The minimum atomic E-state index is -0.109. The molecule has 6 nitrogen and oxygen atoms in total. The smallest absolute Gasteiger partial charge is 0.260 e. The number of carbonyl (C=O) groups is 1. The van der Waals surface area contributed by atoms with Crippen LogP contribution in [-0.4, -0.2) is 34.1 Å². The molecule has 0 unspecified atom stereocenters. The molecule has 30 heavy (non-hydrogen) atoms. The maximum Gasteiger partial charge on any atom is 0.260 e. The average molecular weight is 441 g/mol. The van der Waals surface area contributed by atoms with Crippen LogP contribution in [-0.2, 0) is 6.54 Å². The first kappa shape index (κ1) is 20.4. The lowest BCUT2D eigenvalue weighted by Gasteiger charge is -2.20. The summed E-state index contributed by atoms with van der Waals surface area (Å²) < 4.78 is 8.25. The summed E-state index contributed by atoms with van der Waals surface area (Å²) in [6.45, 7) is 3.27. The van der Waals surface area contributed by atoms with E-state index in [-0.39, 0.29) is 5.91 Å². The minimum Gasteiger partial charge on any atom is -0.497 e. The van der Waals surface area contributed by atoms with Gasteiger partial charge in [-0.2, -0.15) is 0 Å². The Labute approximate surface area is 183 Å². The van der Waals surface area contributed by atoms with Crippen molar-refractivity contribution >= 4 is 44.2 Å². The van der Waals surface area contributed by atoms with Crippen LogP contribution < -0.4 is 9.64 Å². The largest absolute Gasteiger partial charge is 0.497 e. The number of fused-ring (bicyclic) bond motifs is 1. The standard InChI is InChI=1S/C22H21ClN4O2S/c1-15-11-17(23)13-19-20(15)25-22(30-19)27(9-4-8-26-10-7-24-14-26)21(28)16-5-3-6-18(12-16)29-2/h3,5-7,10-14H,4,8-9H2,1-2H3. The molecule has 0 aliphatic rings. The van der Waals surface area contributed by atoms with Gasteiger partial charge in [-0.1, -0.05) is 29.0 Å². The molecule has 4 aromatic rings. The Balaban J connectivity index is 1.67. The number of imidazole rings is 1. The van der Waals surface area contributed by atoms with Gasteiger partial charge in [-0.05, 0) is 49.2 Å². The molecule has 0 fully saturated rings. The van der Waals surface area contributed by atoms with E-state index in [0.717, 1.165) is 28.7 Å². The lowest BCUT2D eigenvalue weighted by atomic mass is 10.2. The minimum absolute atomic E-state index is 0.109. The van der Waals surface area contributed by atoms with Crippen LogP contribution in [0.2, 0.25) is 5.02 Å². The molecule has 0 aliphatic carbocycles. The quantitative estimate of drug-likeness (QED) is 0.396. The summed E-state index contributed by atoms with van der Waals surface area (Å²) in [4.78, 5) is 24.0. The van der Waals surface area contributed by atoms with Gasteiger partial charge in [-0.15, -0.1) is 0 Å². The molecule has 0 aliphatic heterocycles. The van der Waals surface area contributed by atoms with Crippen molar-refractivity contribution in [1.29, 1.82) is 0 Å². The highest BCUT2D eigenvalue weighted by molar-refractivity contribution is 7.22. The van der Waals surface area contributed by atoms with Crippen molar-refractivity contribution in [2.45, 2.75) is 19.9 Å². The topological polar surface area (TPSA) is 60.2 Å². The van der Waals surface area contributed by atoms with E-state index in [1.165, 1.54) is 11.3 Å². The Bertz CT molecular complexity index is 1170. The van der Waals surface area contributed by atoms with E-state index in [2.05, 4.69) is 4.98 Å². The highest BCUT2D eigenvalue weighted by Gasteiger charge is 2.22. The molecule has 1 amide bonds. The number of benzene rings is 2. The normalized spacial score (nSPS) is 11.0. The second-order valence-corrected chi connectivity index (χ2v) is 8.35. The highest BCUT2D eigenvalue weighted by Crippen LogP contribution is 2.34. The molecule has 2 aromatic heterocycles. The molecule has 4 rings (SSSR count). The maximum atomic E-state index is 13.4. The number of aryl methyl sites for hydroxylation is 2. The van der Waals surface area contributed by atoms with Gasteiger partial charge in [0.05, 0.1) is 23.7 Å². The molecule has 0 bridgehead atoms. The number of aromatic nitrogens is 3. The third kappa shape index (κ3) is 4.32. The zero-order valence-corrected chi connectivity index (χ0v) is 18.3. The van der Waals surface area contributed by atoms with Gasteiger partial charge >= 0.3 is 0 Å². The number of amides is 1. The Morgan fingerprint density at radius 3 is 2.93 bits per heavy atom. The monoisotopic (exact) mass is 440 g/mol. The SMILES string of the molecule is COc1cccc(C(=O)N(CCCn2ccnc2)c2nc3c(C)cc(Cl)cc3s2)c1. The fourth-order valence-corrected chi connectivity index (χ4v) is 4.73. The summed E-state index contributed by atoms with van der Waals surface area (Å²) in [5, 5.41) is 1.33. The molecular weight excluding hydrogens is 420 g/mol. The van der Waals surface area contributed by atoms with Crippen molar-refractivity contribution in [3.8, 4) is 5.75 Å². The maximum absolute atomic E-state index is 13.4. The van der Waals surface area contributed by atoms with Crippen LogP contribution in [0.25, 0.3) is 10.2 Å². The van der Waals surface area contributed by atoms with Crippen LogP contribution in [0.4, 0.5) is 5.13 Å². The number of rotatable bonds is 7. The summed E-state index contributed by atoms with van der Waals surface area (Å²) in [5.41, 5.74) is 2.43. The zero-order valence-electron chi connectivity index (χ0n) is 16.7. The van der Waals surface area contributed by atoms with Crippen molar-refractivity contribution < 1.29 is 9.53 Å². The molecule has 154 valence electrons.